The Bertz CT molecular complexity index is 423. The van der Waals surface area contributed by atoms with Gasteiger partial charge < -0.3 is 9.47 Å². The SMILES string of the molecule is Cc1c(CC#N)cc2c(c1Br)OCO2. The molecule has 1 aliphatic rings. The standard InChI is InChI=1S/C10H8BrNO2/c1-6-7(2-3-12)4-8-10(9(6)11)14-5-13-8/h4H,2,5H2,1H3. The Kier molecular flexibility index (Phi) is 2.34. The van der Waals surface area contributed by atoms with Gasteiger partial charge in [0.25, 0.3) is 0 Å². The minimum Gasteiger partial charge on any atom is -0.454 e. The van der Waals surface area contributed by atoms with Crippen LogP contribution in [-0.2, 0) is 6.42 Å². The molecule has 0 aromatic heterocycles. The largest absolute Gasteiger partial charge is 0.454 e. The highest BCUT2D eigenvalue weighted by Crippen LogP contribution is 2.42. The molecule has 0 amide bonds. The fraction of sp³-hybridized carbons (Fsp3) is 0.300. The normalized spacial score (nSPS) is 12.6. The number of nitriles is 1. The molecule has 72 valence electrons. The molecule has 0 radical (unpaired) electrons. The molecular formula is C10H8BrNO2. The molecule has 0 atom stereocenters. The van der Waals surface area contributed by atoms with E-state index in [2.05, 4.69) is 22.0 Å². The summed E-state index contributed by atoms with van der Waals surface area (Å²) in [5.41, 5.74) is 2.01. The van der Waals surface area contributed by atoms with E-state index in [0.717, 1.165) is 21.3 Å². The molecule has 0 aliphatic carbocycles. The molecule has 0 spiro atoms. The van der Waals surface area contributed by atoms with E-state index in [1.54, 1.807) is 0 Å². The Hall–Kier alpha value is -1.21. The van der Waals surface area contributed by atoms with E-state index < -0.39 is 0 Å². The zero-order chi connectivity index (χ0) is 10.1. The van der Waals surface area contributed by atoms with E-state index in [-0.39, 0.29) is 6.79 Å². The van der Waals surface area contributed by atoms with E-state index >= 15 is 0 Å². The fourth-order valence-electron chi connectivity index (χ4n) is 1.41. The highest BCUT2D eigenvalue weighted by atomic mass is 79.9. The van der Waals surface area contributed by atoms with Crippen molar-refractivity contribution in [2.24, 2.45) is 0 Å². The van der Waals surface area contributed by atoms with Gasteiger partial charge >= 0.3 is 0 Å². The predicted molar refractivity (Wildman–Crippen MR) is 54.3 cm³/mol. The smallest absolute Gasteiger partial charge is 0.231 e. The molecule has 0 saturated carbocycles. The quantitative estimate of drug-likeness (QED) is 0.773. The van der Waals surface area contributed by atoms with Gasteiger partial charge in [-0.25, -0.2) is 0 Å². The lowest BCUT2D eigenvalue weighted by Gasteiger charge is -2.07. The van der Waals surface area contributed by atoms with Gasteiger partial charge in [-0.05, 0) is 40.0 Å². The fourth-order valence-corrected chi connectivity index (χ4v) is 1.98. The van der Waals surface area contributed by atoms with Gasteiger partial charge in [0.05, 0.1) is 17.0 Å². The lowest BCUT2D eigenvalue weighted by atomic mass is 10.1. The average molecular weight is 254 g/mol. The van der Waals surface area contributed by atoms with Crippen LogP contribution in [0.5, 0.6) is 11.5 Å². The molecule has 0 fully saturated rings. The third kappa shape index (κ3) is 1.34. The number of ether oxygens (including phenoxy) is 2. The molecule has 14 heavy (non-hydrogen) atoms. The maximum Gasteiger partial charge on any atom is 0.231 e. The number of halogens is 1. The Morgan fingerprint density at radius 1 is 1.57 bits per heavy atom. The lowest BCUT2D eigenvalue weighted by molar-refractivity contribution is 0.173. The van der Waals surface area contributed by atoms with Crippen LogP contribution < -0.4 is 9.47 Å². The van der Waals surface area contributed by atoms with Crippen molar-refractivity contribution in [3.8, 4) is 17.6 Å². The van der Waals surface area contributed by atoms with Crippen LogP contribution in [-0.4, -0.2) is 6.79 Å². The van der Waals surface area contributed by atoms with Crippen LogP contribution in [0.25, 0.3) is 0 Å². The molecule has 0 unspecified atom stereocenters. The highest BCUT2D eigenvalue weighted by molar-refractivity contribution is 9.10. The van der Waals surface area contributed by atoms with E-state index in [9.17, 15) is 0 Å². The molecule has 0 saturated heterocycles. The number of fused-ring (bicyclic) bond motifs is 1. The van der Waals surface area contributed by atoms with Crippen LogP contribution in [0.1, 0.15) is 11.1 Å². The first-order valence-electron chi connectivity index (χ1n) is 4.18. The summed E-state index contributed by atoms with van der Waals surface area (Å²) in [6.07, 6.45) is 0.390. The molecule has 0 bridgehead atoms. The molecule has 1 aromatic carbocycles. The first-order valence-corrected chi connectivity index (χ1v) is 4.98. The van der Waals surface area contributed by atoms with Gasteiger partial charge in [-0.2, -0.15) is 5.26 Å². The number of benzene rings is 1. The van der Waals surface area contributed by atoms with E-state index in [1.807, 2.05) is 13.0 Å². The van der Waals surface area contributed by atoms with Gasteiger partial charge in [-0.15, -0.1) is 0 Å². The second kappa shape index (κ2) is 3.50. The summed E-state index contributed by atoms with van der Waals surface area (Å²) >= 11 is 3.44. The summed E-state index contributed by atoms with van der Waals surface area (Å²) in [7, 11) is 0. The van der Waals surface area contributed by atoms with Gasteiger partial charge in [0, 0.05) is 0 Å². The summed E-state index contributed by atoms with van der Waals surface area (Å²) in [5, 5.41) is 8.65. The molecule has 3 nitrogen and oxygen atoms in total. The van der Waals surface area contributed by atoms with Crippen molar-refractivity contribution in [2.75, 3.05) is 6.79 Å². The molecule has 0 N–H and O–H groups in total. The summed E-state index contributed by atoms with van der Waals surface area (Å²) in [6.45, 7) is 2.21. The second-order valence-corrected chi connectivity index (χ2v) is 3.84. The van der Waals surface area contributed by atoms with Crippen LogP contribution in [0.3, 0.4) is 0 Å². The molecular weight excluding hydrogens is 246 g/mol. The van der Waals surface area contributed by atoms with Crippen LogP contribution in [0.4, 0.5) is 0 Å². The van der Waals surface area contributed by atoms with Crippen molar-refractivity contribution < 1.29 is 9.47 Å². The maximum absolute atomic E-state index is 8.65. The Balaban J connectivity index is 2.56. The van der Waals surface area contributed by atoms with Crippen molar-refractivity contribution in [1.82, 2.24) is 0 Å². The molecule has 4 heteroatoms. The zero-order valence-electron chi connectivity index (χ0n) is 7.63. The zero-order valence-corrected chi connectivity index (χ0v) is 9.22. The van der Waals surface area contributed by atoms with Crippen molar-refractivity contribution in [3.63, 3.8) is 0 Å². The van der Waals surface area contributed by atoms with E-state index in [1.165, 1.54) is 0 Å². The topological polar surface area (TPSA) is 42.2 Å². The number of rotatable bonds is 1. The highest BCUT2D eigenvalue weighted by Gasteiger charge is 2.20. The summed E-state index contributed by atoms with van der Waals surface area (Å²) in [6, 6.07) is 3.99. The summed E-state index contributed by atoms with van der Waals surface area (Å²) in [4.78, 5) is 0. The average Bonchev–Trinajstić information content (AvgIpc) is 2.62. The monoisotopic (exact) mass is 253 g/mol. The molecule has 1 heterocycles. The minimum atomic E-state index is 0.253. The summed E-state index contributed by atoms with van der Waals surface area (Å²) < 4.78 is 11.4. The second-order valence-electron chi connectivity index (χ2n) is 3.04. The van der Waals surface area contributed by atoms with Crippen molar-refractivity contribution in [3.05, 3.63) is 21.7 Å². The van der Waals surface area contributed by atoms with Crippen LogP contribution in [0, 0.1) is 18.3 Å². The first-order chi connectivity index (χ1) is 6.74. The van der Waals surface area contributed by atoms with E-state index in [0.29, 0.717) is 12.2 Å². The number of hydrogen-bond acceptors (Lipinski definition) is 3. The first kappa shape index (κ1) is 9.35. The number of hydrogen-bond donors (Lipinski definition) is 0. The van der Waals surface area contributed by atoms with Crippen LogP contribution in [0.15, 0.2) is 10.5 Å². The Morgan fingerprint density at radius 3 is 3.07 bits per heavy atom. The van der Waals surface area contributed by atoms with Gasteiger partial charge in [-0.3, -0.25) is 0 Å². The van der Waals surface area contributed by atoms with Crippen molar-refractivity contribution in [1.29, 1.82) is 5.26 Å². The Labute approximate surface area is 90.4 Å². The third-order valence-electron chi connectivity index (χ3n) is 2.23. The van der Waals surface area contributed by atoms with Crippen LogP contribution >= 0.6 is 15.9 Å². The van der Waals surface area contributed by atoms with Crippen molar-refractivity contribution in [2.45, 2.75) is 13.3 Å². The van der Waals surface area contributed by atoms with Gasteiger partial charge in [0.2, 0.25) is 6.79 Å². The molecule has 1 aromatic rings. The Morgan fingerprint density at radius 2 is 2.36 bits per heavy atom. The predicted octanol–water partition coefficient (Wildman–Crippen LogP) is 2.55. The number of nitrogens with zero attached hydrogens (tertiary/aromatic N) is 1. The minimum absolute atomic E-state index is 0.253. The third-order valence-corrected chi connectivity index (χ3v) is 3.18. The summed E-state index contributed by atoms with van der Waals surface area (Å²) in [5.74, 6) is 1.46. The van der Waals surface area contributed by atoms with Crippen molar-refractivity contribution >= 4 is 15.9 Å². The molecule has 2 rings (SSSR count). The van der Waals surface area contributed by atoms with E-state index in [4.69, 9.17) is 14.7 Å². The maximum atomic E-state index is 8.65. The van der Waals surface area contributed by atoms with Gasteiger partial charge in [0.15, 0.2) is 11.5 Å². The van der Waals surface area contributed by atoms with Gasteiger partial charge in [0.1, 0.15) is 0 Å². The molecule has 1 aliphatic heterocycles. The van der Waals surface area contributed by atoms with Gasteiger partial charge in [-0.1, -0.05) is 0 Å². The lowest BCUT2D eigenvalue weighted by Crippen LogP contribution is -1.93. The van der Waals surface area contributed by atoms with Crippen LogP contribution in [0.2, 0.25) is 0 Å².